The molecule has 1 N–H and O–H groups in total. The highest BCUT2D eigenvalue weighted by Crippen LogP contribution is 2.28. The molecule has 4 aromatic rings. The lowest BCUT2D eigenvalue weighted by atomic mass is 10.1. The highest BCUT2D eigenvalue weighted by atomic mass is 32.1. The number of fused-ring (bicyclic) bond motifs is 1. The third-order valence-corrected chi connectivity index (χ3v) is 8.04. The zero-order chi connectivity index (χ0) is 30.6. The molecule has 1 saturated heterocycles. The number of anilines is 2. The fourth-order valence-electron chi connectivity index (χ4n) is 5.26. The van der Waals surface area contributed by atoms with Crippen LogP contribution in [0.1, 0.15) is 38.0 Å². The number of aromatic nitrogens is 2. The predicted octanol–water partition coefficient (Wildman–Crippen LogP) is 3.52. The van der Waals surface area contributed by atoms with Gasteiger partial charge in [0.05, 0.1) is 24.3 Å². The maximum Gasteiger partial charge on any atom is 0.262 e. The first-order valence-corrected chi connectivity index (χ1v) is 14.7. The highest BCUT2D eigenvalue weighted by Gasteiger charge is 2.40. The van der Waals surface area contributed by atoms with Gasteiger partial charge in [0, 0.05) is 42.0 Å². The summed E-state index contributed by atoms with van der Waals surface area (Å²) in [5.41, 5.74) is 2.11. The first kappa shape index (κ1) is 29.1. The number of imide groups is 1. The van der Waals surface area contributed by atoms with Gasteiger partial charge < -0.3 is 19.9 Å². The number of morpholine rings is 1. The summed E-state index contributed by atoms with van der Waals surface area (Å²) in [6.07, 6.45) is 0. The van der Waals surface area contributed by atoms with Gasteiger partial charge in [-0.05, 0) is 54.0 Å². The molecule has 0 aliphatic carbocycles. The van der Waals surface area contributed by atoms with Crippen LogP contribution in [0.25, 0.3) is 0 Å². The molecule has 6 rings (SSSR count). The minimum Gasteiger partial charge on any atom is -0.378 e. The van der Waals surface area contributed by atoms with Gasteiger partial charge in [-0.25, -0.2) is 4.39 Å². The first-order valence-electron chi connectivity index (χ1n) is 13.9. The molecule has 3 aromatic carbocycles. The van der Waals surface area contributed by atoms with Gasteiger partial charge in [0.2, 0.25) is 5.91 Å². The second kappa shape index (κ2) is 12.7. The van der Waals surface area contributed by atoms with E-state index in [2.05, 4.69) is 19.8 Å². The van der Waals surface area contributed by atoms with Crippen LogP contribution in [0.2, 0.25) is 0 Å². The van der Waals surface area contributed by atoms with Crippen molar-refractivity contribution in [2.24, 2.45) is 0 Å². The lowest BCUT2D eigenvalue weighted by molar-refractivity contribution is -0.140. The van der Waals surface area contributed by atoms with Crippen molar-refractivity contribution in [1.82, 2.24) is 19.4 Å². The molecule has 1 aromatic heterocycles. The fourth-order valence-corrected chi connectivity index (χ4v) is 5.73. The second-order valence-electron chi connectivity index (χ2n) is 10.2. The molecule has 2 aliphatic rings. The minimum absolute atomic E-state index is 0.138. The Morgan fingerprint density at radius 2 is 1.61 bits per heavy atom. The Kier molecular flexibility index (Phi) is 8.39. The number of nitrogens with one attached hydrogen (secondary N) is 1. The smallest absolute Gasteiger partial charge is 0.262 e. The Morgan fingerprint density at radius 1 is 0.955 bits per heavy atom. The molecule has 0 bridgehead atoms. The number of carbonyl (C=O) groups excluding carboxylic acids is 4. The van der Waals surface area contributed by atoms with E-state index in [4.69, 9.17) is 4.74 Å². The normalized spacial score (nSPS) is 15.2. The van der Waals surface area contributed by atoms with Crippen molar-refractivity contribution >= 4 is 46.5 Å². The van der Waals surface area contributed by atoms with Gasteiger partial charge >= 0.3 is 0 Å². The van der Waals surface area contributed by atoms with E-state index in [1.54, 1.807) is 30.3 Å². The van der Waals surface area contributed by atoms with Crippen LogP contribution in [0, 0.1) is 5.82 Å². The molecule has 4 amide bonds. The maximum absolute atomic E-state index is 14.9. The van der Waals surface area contributed by atoms with Gasteiger partial charge in [0.1, 0.15) is 18.1 Å². The summed E-state index contributed by atoms with van der Waals surface area (Å²) in [5.74, 6) is -3.20. The molecule has 3 heterocycles. The van der Waals surface area contributed by atoms with Crippen LogP contribution in [0.4, 0.5) is 15.8 Å². The van der Waals surface area contributed by atoms with Crippen LogP contribution in [-0.2, 0) is 20.9 Å². The molecule has 0 saturated carbocycles. The number of hydrogen-bond acceptors (Lipinski definition) is 9. The van der Waals surface area contributed by atoms with Gasteiger partial charge in [-0.3, -0.25) is 24.1 Å². The Balaban J connectivity index is 1.29. The van der Waals surface area contributed by atoms with E-state index in [9.17, 15) is 23.6 Å². The topological polar surface area (TPSA) is 125 Å². The first-order chi connectivity index (χ1) is 21.4. The van der Waals surface area contributed by atoms with Crippen molar-refractivity contribution in [2.45, 2.75) is 12.6 Å². The summed E-state index contributed by atoms with van der Waals surface area (Å²) in [5, 5.41) is 8.43. The number of halogens is 1. The van der Waals surface area contributed by atoms with Crippen molar-refractivity contribution in [2.75, 3.05) is 43.1 Å². The number of carbonyl (C=O) groups is 4. The van der Waals surface area contributed by atoms with E-state index in [-0.39, 0.29) is 28.9 Å². The maximum atomic E-state index is 14.9. The Labute approximate surface area is 256 Å². The van der Waals surface area contributed by atoms with E-state index in [0.29, 0.717) is 18.9 Å². The summed E-state index contributed by atoms with van der Waals surface area (Å²) in [4.78, 5) is 58.2. The van der Waals surface area contributed by atoms with Crippen molar-refractivity contribution in [3.05, 3.63) is 106 Å². The van der Waals surface area contributed by atoms with Gasteiger partial charge in [0.25, 0.3) is 17.7 Å². The zero-order valence-electron chi connectivity index (χ0n) is 23.4. The molecular weight excluding hydrogens is 587 g/mol. The van der Waals surface area contributed by atoms with Crippen molar-refractivity contribution in [3.8, 4) is 0 Å². The van der Waals surface area contributed by atoms with Gasteiger partial charge in [-0.1, -0.05) is 34.8 Å². The predicted molar refractivity (Wildman–Crippen MR) is 160 cm³/mol. The van der Waals surface area contributed by atoms with E-state index in [1.807, 2.05) is 12.1 Å². The third kappa shape index (κ3) is 5.92. The van der Waals surface area contributed by atoms with Crippen LogP contribution < -0.4 is 10.2 Å². The second-order valence-corrected chi connectivity index (χ2v) is 10.8. The number of benzene rings is 3. The number of nitrogens with zero attached hydrogens (tertiary/aromatic N) is 5. The fraction of sp³-hybridized carbons (Fsp3) is 0.226. The lowest BCUT2D eigenvalue weighted by Crippen LogP contribution is -2.47. The van der Waals surface area contributed by atoms with E-state index >= 15 is 0 Å². The highest BCUT2D eigenvalue weighted by molar-refractivity contribution is 7.03. The van der Waals surface area contributed by atoms with E-state index in [1.165, 1.54) is 35.7 Å². The average Bonchev–Trinajstić information content (AvgIpc) is 3.66. The largest absolute Gasteiger partial charge is 0.378 e. The van der Waals surface area contributed by atoms with E-state index < -0.39 is 42.0 Å². The Bertz CT molecular complexity index is 1660. The third-order valence-electron chi connectivity index (χ3n) is 7.52. The quantitative estimate of drug-likeness (QED) is 0.284. The molecule has 224 valence electrons. The van der Waals surface area contributed by atoms with Crippen LogP contribution in [0.5, 0.6) is 0 Å². The summed E-state index contributed by atoms with van der Waals surface area (Å²) in [7, 11) is 0. The summed E-state index contributed by atoms with van der Waals surface area (Å²) in [6.45, 7) is 1.79. The number of ether oxygens (including phenoxy) is 1. The van der Waals surface area contributed by atoms with Crippen molar-refractivity contribution < 1.29 is 28.3 Å². The standard InChI is InChI=1S/C31H27FN6O5S/c32-25-8-4-1-5-20(25)17-37(27(39)18-38-30(41)23-6-2-3-7-24(23)31(38)42)28(26-19-44-35-34-26)29(40)33-21-9-11-22(12-10-21)36-13-15-43-16-14-36/h1-12,19,28H,13-18H2,(H,33,40)/t28-/m1/s1. The minimum atomic E-state index is -1.35. The SMILES string of the molecule is O=C(Nc1ccc(N2CCOCC2)cc1)[C@@H](c1csnn1)N(Cc1ccccc1F)C(=O)CN1C(=O)c2ccccc2C1=O. The number of amides is 4. The summed E-state index contributed by atoms with van der Waals surface area (Å²) < 4.78 is 24.2. The Hall–Kier alpha value is -5.01. The molecular formula is C31H27FN6O5S. The molecule has 1 atom stereocenters. The molecule has 1 fully saturated rings. The molecule has 0 radical (unpaired) electrons. The van der Waals surface area contributed by atoms with Crippen LogP contribution >= 0.6 is 11.5 Å². The molecule has 2 aliphatic heterocycles. The van der Waals surface area contributed by atoms with Crippen molar-refractivity contribution in [1.29, 1.82) is 0 Å². The summed E-state index contributed by atoms with van der Waals surface area (Å²) in [6, 6.07) is 18.1. The average molecular weight is 615 g/mol. The monoisotopic (exact) mass is 614 g/mol. The van der Waals surface area contributed by atoms with Gasteiger partial charge in [-0.15, -0.1) is 5.10 Å². The van der Waals surface area contributed by atoms with Gasteiger partial charge in [-0.2, -0.15) is 0 Å². The number of rotatable bonds is 9. The van der Waals surface area contributed by atoms with Crippen molar-refractivity contribution in [3.63, 3.8) is 0 Å². The van der Waals surface area contributed by atoms with Crippen LogP contribution in [0.15, 0.2) is 78.2 Å². The molecule has 0 spiro atoms. The molecule has 44 heavy (non-hydrogen) atoms. The zero-order valence-corrected chi connectivity index (χ0v) is 24.2. The van der Waals surface area contributed by atoms with Crippen LogP contribution in [0.3, 0.4) is 0 Å². The molecule has 0 unspecified atom stereocenters. The lowest BCUT2D eigenvalue weighted by Gasteiger charge is -2.31. The van der Waals surface area contributed by atoms with Crippen LogP contribution in [-0.4, -0.2) is 75.9 Å². The number of hydrogen-bond donors (Lipinski definition) is 1. The summed E-state index contributed by atoms with van der Waals surface area (Å²) >= 11 is 0.986. The van der Waals surface area contributed by atoms with E-state index in [0.717, 1.165) is 40.1 Å². The van der Waals surface area contributed by atoms with Gasteiger partial charge in [0.15, 0.2) is 6.04 Å². The Morgan fingerprint density at radius 3 is 2.25 bits per heavy atom. The molecule has 13 heteroatoms. The molecule has 11 nitrogen and oxygen atoms in total.